The lowest BCUT2D eigenvalue weighted by atomic mass is 10.2. The predicted molar refractivity (Wildman–Crippen MR) is 102 cm³/mol. The smallest absolute Gasteiger partial charge is 0.319 e. The average molecular weight is 350 g/mol. The minimum atomic E-state index is -0.294. The zero-order valence-electron chi connectivity index (χ0n) is 14.6. The van der Waals surface area contributed by atoms with Crippen LogP contribution in [0.2, 0.25) is 0 Å². The molecule has 2 aromatic rings. The molecule has 0 aliphatic carbocycles. The Morgan fingerprint density at radius 2 is 1.77 bits per heavy atom. The van der Waals surface area contributed by atoms with Gasteiger partial charge in [0.1, 0.15) is 0 Å². The van der Waals surface area contributed by atoms with Crippen LogP contribution in [0.1, 0.15) is 18.1 Å². The van der Waals surface area contributed by atoms with Crippen LogP contribution >= 0.6 is 0 Å². The third-order valence-corrected chi connectivity index (χ3v) is 3.41. The molecular formula is C20H22N4O2. The lowest BCUT2D eigenvalue weighted by molar-refractivity contribution is -0.116. The van der Waals surface area contributed by atoms with Crippen molar-refractivity contribution in [2.24, 2.45) is 0 Å². The minimum absolute atomic E-state index is 0.170. The number of carbonyl (C=O) groups is 2. The summed E-state index contributed by atoms with van der Waals surface area (Å²) in [5.41, 5.74) is 2.52. The van der Waals surface area contributed by atoms with Crippen LogP contribution in [0, 0.1) is 0 Å². The fourth-order valence-corrected chi connectivity index (χ4v) is 2.12. The molecule has 0 fully saturated rings. The molecule has 1 heterocycles. The molecule has 134 valence electrons. The summed E-state index contributed by atoms with van der Waals surface area (Å²) in [6.45, 7) is 2.68. The van der Waals surface area contributed by atoms with E-state index in [1.54, 1.807) is 30.6 Å². The Morgan fingerprint density at radius 1 is 1.00 bits per heavy atom. The van der Waals surface area contributed by atoms with Crippen LogP contribution in [0.4, 0.5) is 10.5 Å². The Balaban J connectivity index is 1.82. The number of hydrogen-bond donors (Lipinski definition) is 3. The maximum Gasteiger partial charge on any atom is 0.319 e. The van der Waals surface area contributed by atoms with Crippen LogP contribution in [-0.4, -0.2) is 16.9 Å². The highest BCUT2D eigenvalue weighted by atomic mass is 16.2. The summed E-state index contributed by atoms with van der Waals surface area (Å²) >= 11 is 0. The van der Waals surface area contributed by atoms with Crippen molar-refractivity contribution >= 4 is 17.6 Å². The van der Waals surface area contributed by atoms with Gasteiger partial charge in [-0.1, -0.05) is 30.4 Å². The van der Waals surface area contributed by atoms with Crippen LogP contribution < -0.4 is 16.0 Å². The molecule has 6 nitrogen and oxygen atoms in total. The summed E-state index contributed by atoms with van der Waals surface area (Å²) in [5, 5.41) is 8.35. The van der Waals surface area contributed by atoms with E-state index in [2.05, 4.69) is 20.9 Å². The summed E-state index contributed by atoms with van der Waals surface area (Å²) in [4.78, 5) is 27.6. The summed E-state index contributed by atoms with van der Waals surface area (Å²) < 4.78 is 0. The number of benzene rings is 1. The van der Waals surface area contributed by atoms with Crippen LogP contribution in [-0.2, 0) is 17.9 Å². The van der Waals surface area contributed by atoms with Gasteiger partial charge in [0, 0.05) is 37.2 Å². The van der Waals surface area contributed by atoms with E-state index in [4.69, 9.17) is 0 Å². The zero-order chi connectivity index (χ0) is 18.6. The molecule has 0 unspecified atom stereocenters. The van der Waals surface area contributed by atoms with Crippen LogP contribution in [0.5, 0.6) is 0 Å². The van der Waals surface area contributed by atoms with Crippen molar-refractivity contribution in [3.8, 4) is 0 Å². The van der Waals surface area contributed by atoms with Crippen LogP contribution in [0.25, 0.3) is 0 Å². The van der Waals surface area contributed by atoms with Crippen molar-refractivity contribution in [3.05, 3.63) is 84.2 Å². The SMILES string of the molecule is CC=CC=CC(=O)NCc1cccc(NC(=O)NCc2ccncc2)c1. The number of amides is 3. The molecule has 1 aromatic carbocycles. The maximum atomic E-state index is 12.0. The van der Waals surface area contributed by atoms with E-state index in [1.165, 1.54) is 6.08 Å². The molecule has 0 atom stereocenters. The van der Waals surface area contributed by atoms with Crippen molar-refractivity contribution in [3.63, 3.8) is 0 Å². The highest BCUT2D eigenvalue weighted by molar-refractivity contribution is 5.89. The van der Waals surface area contributed by atoms with E-state index in [-0.39, 0.29) is 11.9 Å². The number of nitrogens with zero attached hydrogens (tertiary/aromatic N) is 1. The summed E-state index contributed by atoms with van der Waals surface area (Å²) in [7, 11) is 0. The fourth-order valence-electron chi connectivity index (χ4n) is 2.12. The number of urea groups is 1. The first-order valence-electron chi connectivity index (χ1n) is 8.27. The Morgan fingerprint density at radius 3 is 2.54 bits per heavy atom. The second kappa shape index (κ2) is 10.5. The number of aromatic nitrogens is 1. The maximum absolute atomic E-state index is 12.0. The van der Waals surface area contributed by atoms with E-state index in [0.29, 0.717) is 18.8 Å². The summed E-state index contributed by atoms with van der Waals surface area (Å²) in [6.07, 6.45) is 10.1. The third kappa shape index (κ3) is 7.00. The molecule has 0 bridgehead atoms. The standard InChI is InChI=1S/C20H22N4O2/c1-2-3-4-8-19(25)22-15-17-6-5-7-18(13-17)24-20(26)23-14-16-9-11-21-12-10-16/h2-13H,14-15H2,1H3,(H,22,25)(H2,23,24,26). The molecule has 0 saturated carbocycles. The number of nitrogens with one attached hydrogen (secondary N) is 3. The second-order valence-corrected chi connectivity index (χ2v) is 5.47. The molecule has 2 rings (SSSR count). The number of pyridine rings is 1. The van der Waals surface area contributed by atoms with Crippen LogP contribution in [0.15, 0.2) is 73.1 Å². The van der Waals surface area contributed by atoms with Crippen molar-refractivity contribution in [1.29, 1.82) is 0 Å². The van der Waals surface area contributed by atoms with Gasteiger partial charge in [-0.15, -0.1) is 0 Å². The van der Waals surface area contributed by atoms with Gasteiger partial charge < -0.3 is 16.0 Å². The van der Waals surface area contributed by atoms with Gasteiger partial charge >= 0.3 is 6.03 Å². The minimum Gasteiger partial charge on any atom is -0.348 e. The van der Waals surface area contributed by atoms with Gasteiger partial charge in [-0.05, 0) is 42.3 Å². The van der Waals surface area contributed by atoms with E-state index >= 15 is 0 Å². The molecule has 0 saturated heterocycles. The first-order chi connectivity index (χ1) is 12.7. The molecule has 0 spiro atoms. The fraction of sp³-hybridized carbons (Fsp3) is 0.150. The Labute approximate surface area is 153 Å². The largest absolute Gasteiger partial charge is 0.348 e. The molecule has 26 heavy (non-hydrogen) atoms. The van der Waals surface area contributed by atoms with Crippen LogP contribution in [0.3, 0.4) is 0 Å². The number of allylic oxidation sites excluding steroid dienone is 3. The predicted octanol–water partition coefficient (Wildman–Crippen LogP) is 3.15. The zero-order valence-corrected chi connectivity index (χ0v) is 14.6. The first-order valence-corrected chi connectivity index (χ1v) is 8.27. The van der Waals surface area contributed by atoms with Crippen molar-refractivity contribution in [2.75, 3.05) is 5.32 Å². The van der Waals surface area contributed by atoms with E-state index in [1.807, 2.05) is 43.3 Å². The summed E-state index contributed by atoms with van der Waals surface area (Å²) in [6, 6.07) is 10.7. The average Bonchev–Trinajstić information content (AvgIpc) is 2.66. The molecule has 1 aromatic heterocycles. The van der Waals surface area contributed by atoms with Gasteiger partial charge in [-0.25, -0.2) is 4.79 Å². The highest BCUT2D eigenvalue weighted by Gasteiger charge is 2.03. The molecule has 0 radical (unpaired) electrons. The third-order valence-electron chi connectivity index (χ3n) is 3.41. The van der Waals surface area contributed by atoms with Gasteiger partial charge in [0.15, 0.2) is 0 Å². The Hall–Kier alpha value is -3.41. The monoisotopic (exact) mass is 350 g/mol. The van der Waals surface area contributed by atoms with E-state index in [0.717, 1.165) is 11.1 Å². The van der Waals surface area contributed by atoms with Crippen molar-refractivity contribution in [1.82, 2.24) is 15.6 Å². The number of rotatable bonds is 7. The molecule has 3 N–H and O–H groups in total. The normalized spacial score (nSPS) is 10.8. The Bertz CT molecular complexity index is 785. The number of hydrogen-bond acceptors (Lipinski definition) is 3. The van der Waals surface area contributed by atoms with Crippen molar-refractivity contribution < 1.29 is 9.59 Å². The van der Waals surface area contributed by atoms with Gasteiger partial charge in [-0.3, -0.25) is 9.78 Å². The Kier molecular flexibility index (Phi) is 7.61. The number of carbonyl (C=O) groups excluding carboxylic acids is 2. The second-order valence-electron chi connectivity index (χ2n) is 5.47. The molecule has 3 amide bonds. The van der Waals surface area contributed by atoms with E-state index in [9.17, 15) is 9.59 Å². The lowest BCUT2D eigenvalue weighted by Crippen LogP contribution is -2.28. The molecule has 0 aliphatic rings. The molecular weight excluding hydrogens is 328 g/mol. The topological polar surface area (TPSA) is 83.1 Å². The molecule has 0 aliphatic heterocycles. The molecule has 6 heteroatoms. The van der Waals surface area contributed by atoms with Gasteiger partial charge in [0.2, 0.25) is 5.91 Å². The van der Waals surface area contributed by atoms with Crippen molar-refractivity contribution in [2.45, 2.75) is 20.0 Å². The van der Waals surface area contributed by atoms with Gasteiger partial charge in [0.05, 0.1) is 0 Å². The quantitative estimate of drug-likeness (QED) is 0.530. The number of anilines is 1. The lowest BCUT2D eigenvalue weighted by Gasteiger charge is -2.09. The first kappa shape index (κ1) is 18.9. The highest BCUT2D eigenvalue weighted by Crippen LogP contribution is 2.10. The van der Waals surface area contributed by atoms with E-state index < -0.39 is 0 Å². The van der Waals surface area contributed by atoms with Gasteiger partial charge in [-0.2, -0.15) is 0 Å². The van der Waals surface area contributed by atoms with Gasteiger partial charge in [0.25, 0.3) is 0 Å². The summed E-state index contributed by atoms with van der Waals surface area (Å²) in [5.74, 6) is -0.170.